The third kappa shape index (κ3) is 3.64. The van der Waals surface area contributed by atoms with Gasteiger partial charge < -0.3 is 10.4 Å². The Labute approximate surface area is 140 Å². The molecule has 1 aromatic carbocycles. The molecule has 23 heavy (non-hydrogen) atoms. The molecule has 2 heterocycles. The average Bonchev–Trinajstić information content (AvgIpc) is 3.23. The molecule has 0 saturated carbocycles. The lowest BCUT2D eigenvalue weighted by Gasteiger charge is -2.12. The predicted octanol–water partition coefficient (Wildman–Crippen LogP) is 3.47. The standard InChI is InChI=1S/C16H13FN2O2S2/c17-12-4-2-1-3-11(12)14(20)7-18-15(21)13-9-23-16(19-13)10-5-6-22-8-10/h1-6,8-9,14,20H,7H2,(H,18,21). The highest BCUT2D eigenvalue weighted by Crippen LogP contribution is 2.25. The number of benzene rings is 1. The molecule has 2 N–H and O–H groups in total. The highest BCUT2D eigenvalue weighted by molar-refractivity contribution is 7.14. The van der Waals surface area contributed by atoms with Gasteiger partial charge in [0, 0.05) is 28.4 Å². The molecule has 0 spiro atoms. The Balaban J connectivity index is 1.63. The van der Waals surface area contributed by atoms with Crippen LogP contribution in [0.5, 0.6) is 0 Å². The number of amides is 1. The highest BCUT2D eigenvalue weighted by Gasteiger charge is 2.16. The summed E-state index contributed by atoms with van der Waals surface area (Å²) in [4.78, 5) is 16.4. The maximum absolute atomic E-state index is 13.6. The molecule has 7 heteroatoms. The Kier molecular flexibility index (Phi) is 4.80. The first-order valence-corrected chi connectivity index (χ1v) is 8.66. The molecule has 118 valence electrons. The van der Waals surface area contributed by atoms with Crippen molar-refractivity contribution < 1.29 is 14.3 Å². The number of nitrogens with zero attached hydrogens (tertiary/aromatic N) is 1. The number of rotatable bonds is 5. The van der Waals surface area contributed by atoms with Gasteiger partial charge in [-0.15, -0.1) is 11.3 Å². The van der Waals surface area contributed by atoms with Crippen molar-refractivity contribution in [2.75, 3.05) is 6.54 Å². The number of carbonyl (C=O) groups excluding carboxylic acids is 1. The van der Waals surface area contributed by atoms with Crippen LogP contribution in [0.3, 0.4) is 0 Å². The molecule has 1 atom stereocenters. The number of thiazole rings is 1. The van der Waals surface area contributed by atoms with Crippen LogP contribution in [-0.4, -0.2) is 22.5 Å². The minimum atomic E-state index is -1.10. The van der Waals surface area contributed by atoms with Crippen LogP contribution in [0.2, 0.25) is 0 Å². The van der Waals surface area contributed by atoms with Gasteiger partial charge in [-0.1, -0.05) is 18.2 Å². The zero-order chi connectivity index (χ0) is 16.2. The van der Waals surface area contributed by atoms with E-state index in [9.17, 15) is 14.3 Å². The maximum atomic E-state index is 13.6. The van der Waals surface area contributed by atoms with E-state index in [1.807, 2.05) is 16.8 Å². The molecule has 2 aromatic heterocycles. The van der Waals surface area contributed by atoms with Crippen LogP contribution in [0.15, 0.2) is 46.5 Å². The molecule has 0 aliphatic carbocycles. The molecule has 0 aliphatic heterocycles. The van der Waals surface area contributed by atoms with Crippen molar-refractivity contribution in [2.45, 2.75) is 6.10 Å². The van der Waals surface area contributed by atoms with Gasteiger partial charge >= 0.3 is 0 Å². The van der Waals surface area contributed by atoms with Gasteiger partial charge in [-0.3, -0.25) is 4.79 Å². The summed E-state index contributed by atoms with van der Waals surface area (Å²) in [5, 5.41) is 18.9. The van der Waals surface area contributed by atoms with Gasteiger partial charge in [-0.2, -0.15) is 11.3 Å². The Hall–Kier alpha value is -2.09. The van der Waals surface area contributed by atoms with E-state index in [-0.39, 0.29) is 17.8 Å². The Morgan fingerprint density at radius 2 is 2.13 bits per heavy atom. The minimum Gasteiger partial charge on any atom is -0.386 e. The number of aliphatic hydroxyl groups excluding tert-OH is 1. The number of halogens is 1. The summed E-state index contributed by atoms with van der Waals surface area (Å²) in [6.45, 7) is -0.0783. The van der Waals surface area contributed by atoms with Crippen LogP contribution in [0.1, 0.15) is 22.2 Å². The Morgan fingerprint density at radius 1 is 1.30 bits per heavy atom. The second-order valence-corrected chi connectivity index (χ2v) is 6.44. The quantitative estimate of drug-likeness (QED) is 0.742. The molecule has 3 aromatic rings. The van der Waals surface area contributed by atoms with E-state index in [2.05, 4.69) is 10.3 Å². The van der Waals surface area contributed by atoms with E-state index in [1.54, 1.807) is 28.8 Å². The maximum Gasteiger partial charge on any atom is 0.270 e. The van der Waals surface area contributed by atoms with Gasteiger partial charge in [0.05, 0.1) is 6.10 Å². The van der Waals surface area contributed by atoms with Gasteiger partial charge in [0.1, 0.15) is 16.5 Å². The van der Waals surface area contributed by atoms with Crippen LogP contribution in [-0.2, 0) is 0 Å². The summed E-state index contributed by atoms with van der Waals surface area (Å²) in [7, 11) is 0. The molecule has 0 saturated heterocycles. The summed E-state index contributed by atoms with van der Waals surface area (Å²) in [6, 6.07) is 7.88. The zero-order valence-corrected chi connectivity index (χ0v) is 13.5. The lowest BCUT2D eigenvalue weighted by Crippen LogP contribution is -2.28. The van der Waals surface area contributed by atoms with Crippen molar-refractivity contribution in [3.63, 3.8) is 0 Å². The molecule has 0 aliphatic rings. The van der Waals surface area contributed by atoms with Crippen molar-refractivity contribution in [3.05, 3.63) is 63.5 Å². The Bertz CT molecular complexity index is 802. The van der Waals surface area contributed by atoms with Crippen molar-refractivity contribution in [1.29, 1.82) is 0 Å². The van der Waals surface area contributed by atoms with Crippen LogP contribution >= 0.6 is 22.7 Å². The molecule has 1 unspecified atom stereocenters. The normalized spacial score (nSPS) is 12.1. The molecular weight excluding hydrogens is 335 g/mol. The summed E-state index contributed by atoms with van der Waals surface area (Å²) in [6.07, 6.45) is -1.10. The SMILES string of the molecule is O=C(NCC(O)c1ccccc1F)c1csc(-c2ccsc2)n1. The summed E-state index contributed by atoms with van der Waals surface area (Å²) >= 11 is 2.94. The van der Waals surface area contributed by atoms with Crippen molar-refractivity contribution in [1.82, 2.24) is 10.3 Å². The Morgan fingerprint density at radius 3 is 2.87 bits per heavy atom. The fourth-order valence-corrected chi connectivity index (χ4v) is 3.54. The fraction of sp³-hybridized carbons (Fsp3) is 0.125. The van der Waals surface area contributed by atoms with Crippen molar-refractivity contribution in [3.8, 4) is 10.6 Å². The first-order chi connectivity index (χ1) is 11.1. The first-order valence-electron chi connectivity index (χ1n) is 6.84. The summed E-state index contributed by atoms with van der Waals surface area (Å²) < 4.78 is 13.6. The van der Waals surface area contributed by atoms with Crippen molar-refractivity contribution in [2.24, 2.45) is 0 Å². The van der Waals surface area contributed by atoms with E-state index in [4.69, 9.17) is 0 Å². The van der Waals surface area contributed by atoms with Crippen molar-refractivity contribution >= 4 is 28.6 Å². The predicted molar refractivity (Wildman–Crippen MR) is 89.1 cm³/mol. The smallest absolute Gasteiger partial charge is 0.270 e. The van der Waals surface area contributed by atoms with E-state index in [0.717, 1.165) is 10.6 Å². The number of aliphatic hydroxyl groups is 1. The number of aromatic nitrogens is 1. The van der Waals surface area contributed by atoms with Gasteiger partial charge in [-0.05, 0) is 17.5 Å². The summed E-state index contributed by atoms with van der Waals surface area (Å²) in [5.74, 6) is -0.888. The van der Waals surface area contributed by atoms with E-state index < -0.39 is 17.8 Å². The van der Waals surface area contributed by atoms with Gasteiger partial charge in [0.15, 0.2) is 0 Å². The highest BCUT2D eigenvalue weighted by atomic mass is 32.1. The number of hydrogen-bond donors (Lipinski definition) is 2. The molecule has 0 fully saturated rings. The zero-order valence-electron chi connectivity index (χ0n) is 11.9. The lowest BCUT2D eigenvalue weighted by atomic mass is 10.1. The number of carbonyl (C=O) groups is 1. The molecule has 0 bridgehead atoms. The lowest BCUT2D eigenvalue weighted by molar-refractivity contribution is 0.0910. The number of hydrogen-bond acceptors (Lipinski definition) is 5. The third-order valence-electron chi connectivity index (χ3n) is 3.23. The second-order valence-electron chi connectivity index (χ2n) is 4.80. The largest absolute Gasteiger partial charge is 0.386 e. The monoisotopic (exact) mass is 348 g/mol. The minimum absolute atomic E-state index is 0.0783. The van der Waals surface area contributed by atoms with E-state index in [0.29, 0.717) is 0 Å². The summed E-state index contributed by atoms with van der Waals surface area (Å²) in [5.41, 5.74) is 1.42. The molecule has 4 nitrogen and oxygen atoms in total. The number of nitrogens with one attached hydrogen (secondary N) is 1. The van der Waals surface area contributed by atoms with Crippen LogP contribution in [0.4, 0.5) is 4.39 Å². The van der Waals surface area contributed by atoms with E-state index in [1.165, 1.54) is 23.5 Å². The molecule has 0 radical (unpaired) electrons. The third-order valence-corrected chi connectivity index (χ3v) is 4.80. The second kappa shape index (κ2) is 6.99. The topological polar surface area (TPSA) is 62.2 Å². The molecular formula is C16H13FN2O2S2. The number of thiophene rings is 1. The molecule has 3 rings (SSSR count). The average molecular weight is 348 g/mol. The van der Waals surface area contributed by atoms with Gasteiger partial charge in [0.25, 0.3) is 5.91 Å². The van der Waals surface area contributed by atoms with Crippen LogP contribution in [0, 0.1) is 5.82 Å². The van der Waals surface area contributed by atoms with Gasteiger partial charge in [0.2, 0.25) is 0 Å². The van der Waals surface area contributed by atoms with Gasteiger partial charge in [-0.25, -0.2) is 9.37 Å². The van der Waals surface area contributed by atoms with Crippen LogP contribution in [0.25, 0.3) is 10.6 Å². The molecule has 1 amide bonds. The van der Waals surface area contributed by atoms with Crippen LogP contribution < -0.4 is 5.32 Å². The first kappa shape index (κ1) is 15.8. The van der Waals surface area contributed by atoms with E-state index >= 15 is 0 Å². The fourth-order valence-electron chi connectivity index (χ4n) is 2.03.